The Labute approximate surface area is 143 Å². The predicted octanol–water partition coefficient (Wildman–Crippen LogP) is 3.45. The van der Waals surface area contributed by atoms with E-state index >= 15 is 0 Å². The Morgan fingerprint density at radius 1 is 1.25 bits per heavy atom. The number of carbonyl (C=O) groups excluding carboxylic acids is 2. The second-order valence-corrected chi connectivity index (χ2v) is 7.49. The van der Waals surface area contributed by atoms with Crippen LogP contribution in [0.1, 0.15) is 56.1 Å². The molecule has 1 saturated heterocycles. The van der Waals surface area contributed by atoms with E-state index in [0.29, 0.717) is 25.6 Å². The molecule has 1 aromatic rings. The molecule has 0 radical (unpaired) electrons. The van der Waals surface area contributed by atoms with Crippen LogP contribution in [0.3, 0.4) is 0 Å². The van der Waals surface area contributed by atoms with E-state index in [1.165, 1.54) is 28.9 Å². The first-order valence-electron chi connectivity index (χ1n) is 9.05. The fourth-order valence-electron chi connectivity index (χ4n) is 4.86. The third kappa shape index (κ3) is 2.38. The summed E-state index contributed by atoms with van der Waals surface area (Å²) in [6.45, 7) is 3.92. The van der Waals surface area contributed by atoms with Crippen LogP contribution in [0.15, 0.2) is 24.3 Å². The molecule has 1 saturated carbocycles. The minimum atomic E-state index is -0.251. The van der Waals surface area contributed by atoms with Crippen molar-refractivity contribution < 1.29 is 9.59 Å². The summed E-state index contributed by atoms with van der Waals surface area (Å²) in [7, 11) is 0. The Bertz CT molecular complexity index is 666. The first kappa shape index (κ1) is 15.5. The molecule has 5 heteroatoms. The number of fused-ring (bicyclic) bond motifs is 1. The van der Waals surface area contributed by atoms with Gasteiger partial charge in [0.1, 0.15) is 0 Å². The lowest BCUT2D eigenvalue weighted by Crippen LogP contribution is -2.54. The third-order valence-corrected chi connectivity index (χ3v) is 6.03. The number of hydrogen-bond acceptors (Lipinski definition) is 2. The third-order valence-electron chi connectivity index (χ3n) is 6.03. The Morgan fingerprint density at radius 3 is 2.71 bits per heavy atom. The van der Waals surface area contributed by atoms with E-state index in [-0.39, 0.29) is 17.6 Å². The van der Waals surface area contributed by atoms with Crippen LogP contribution in [0.25, 0.3) is 0 Å². The summed E-state index contributed by atoms with van der Waals surface area (Å²) in [6, 6.07) is 8.09. The van der Waals surface area contributed by atoms with Crippen LogP contribution in [0.2, 0.25) is 0 Å². The van der Waals surface area contributed by atoms with Crippen LogP contribution in [-0.4, -0.2) is 40.5 Å². The number of hydrogen-bond donors (Lipinski definition) is 1. The molecular formula is C19H25N3O2. The van der Waals surface area contributed by atoms with E-state index in [2.05, 4.69) is 30.4 Å². The van der Waals surface area contributed by atoms with E-state index in [1.807, 2.05) is 11.0 Å². The lowest BCUT2D eigenvalue weighted by Gasteiger charge is -2.42. The largest absolute Gasteiger partial charge is 0.336 e. The molecule has 128 valence electrons. The molecule has 1 unspecified atom stereocenters. The van der Waals surface area contributed by atoms with Gasteiger partial charge in [0.2, 0.25) is 0 Å². The minimum absolute atomic E-state index is 0.0988. The molecule has 1 N–H and O–H groups in total. The molecule has 0 aromatic heterocycles. The van der Waals surface area contributed by atoms with Crippen molar-refractivity contribution in [3.63, 3.8) is 0 Å². The van der Waals surface area contributed by atoms with Crippen molar-refractivity contribution >= 4 is 12.1 Å². The zero-order valence-electron chi connectivity index (χ0n) is 14.3. The lowest BCUT2D eigenvalue weighted by molar-refractivity contribution is 0.0848. The molecule has 2 aliphatic heterocycles. The molecule has 2 heterocycles. The summed E-state index contributed by atoms with van der Waals surface area (Å²) >= 11 is 0. The fraction of sp³-hybridized carbons (Fsp3) is 0.579. The van der Waals surface area contributed by atoms with Crippen molar-refractivity contribution in [2.24, 2.45) is 0 Å². The first-order chi connectivity index (χ1) is 11.6. The highest BCUT2D eigenvalue weighted by atomic mass is 16.2. The molecule has 2 fully saturated rings. The smallest absolute Gasteiger partial charge is 0.328 e. The zero-order chi connectivity index (χ0) is 16.7. The molecular weight excluding hydrogens is 302 g/mol. The molecule has 4 amide bonds. The molecule has 1 atom stereocenters. The molecule has 5 nitrogen and oxygen atoms in total. The van der Waals surface area contributed by atoms with Gasteiger partial charge in [0.25, 0.3) is 0 Å². The number of urea groups is 2. The summed E-state index contributed by atoms with van der Waals surface area (Å²) < 4.78 is 0. The number of carbonyl (C=O) groups is 2. The standard InChI is InChI=1S/C19H25N3O2/c1-14-12-19(8-4-5-9-19)22(13-15-6-2-3-7-16(14)15)18(24)21-11-10-20-17(21)23/h2-3,6-7,14H,4-5,8-13H2,1H3,(H,20,23). The first-order valence-corrected chi connectivity index (χ1v) is 9.05. The van der Waals surface area contributed by atoms with Gasteiger partial charge in [-0.2, -0.15) is 0 Å². The summed E-state index contributed by atoms with van der Waals surface area (Å²) in [5.41, 5.74) is 2.48. The molecule has 24 heavy (non-hydrogen) atoms. The maximum Gasteiger partial charge on any atom is 0.328 e. The fourth-order valence-corrected chi connectivity index (χ4v) is 4.86. The normalized spacial score (nSPS) is 25.5. The van der Waals surface area contributed by atoms with Gasteiger partial charge in [-0.15, -0.1) is 0 Å². The van der Waals surface area contributed by atoms with Gasteiger partial charge in [0.05, 0.1) is 0 Å². The maximum atomic E-state index is 13.2. The summed E-state index contributed by atoms with van der Waals surface area (Å²) in [6.07, 6.45) is 5.42. The number of imide groups is 1. The van der Waals surface area contributed by atoms with Gasteiger partial charge in [-0.05, 0) is 36.3 Å². The molecule has 4 rings (SSSR count). The second kappa shape index (κ2) is 5.80. The lowest BCUT2D eigenvalue weighted by atomic mass is 9.83. The molecule has 1 aromatic carbocycles. The van der Waals surface area contributed by atoms with Gasteiger partial charge >= 0.3 is 12.1 Å². The Hall–Kier alpha value is -2.04. The Balaban J connectivity index is 1.74. The monoisotopic (exact) mass is 327 g/mol. The van der Waals surface area contributed by atoms with Crippen molar-refractivity contribution in [2.45, 2.75) is 57.0 Å². The molecule has 1 spiro atoms. The van der Waals surface area contributed by atoms with Gasteiger partial charge in [0.15, 0.2) is 0 Å². The average Bonchev–Trinajstić information content (AvgIpc) is 3.19. The molecule has 1 aliphatic carbocycles. The van der Waals surface area contributed by atoms with Gasteiger partial charge in [0, 0.05) is 25.2 Å². The van der Waals surface area contributed by atoms with Gasteiger partial charge in [-0.1, -0.05) is 44.0 Å². The summed E-state index contributed by atoms with van der Waals surface area (Å²) in [4.78, 5) is 28.7. The number of rotatable bonds is 0. The van der Waals surface area contributed by atoms with Gasteiger partial charge < -0.3 is 10.2 Å². The highest BCUT2D eigenvalue weighted by molar-refractivity contribution is 5.95. The topological polar surface area (TPSA) is 52.7 Å². The van der Waals surface area contributed by atoms with Crippen LogP contribution in [0.4, 0.5) is 9.59 Å². The number of amides is 4. The average molecular weight is 327 g/mol. The quantitative estimate of drug-likeness (QED) is 0.793. The number of nitrogens with zero attached hydrogens (tertiary/aromatic N) is 2. The van der Waals surface area contributed by atoms with Crippen LogP contribution in [-0.2, 0) is 6.54 Å². The van der Waals surface area contributed by atoms with Crippen molar-refractivity contribution in [2.75, 3.05) is 13.1 Å². The SMILES string of the molecule is CC1CC2(CCCC2)N(C(=O)N2CCNC2=O)Cc2ccccc21. The highest BCUT2D eigenvalue weighted by Crippen LogP contribution is 2.46. The van der Waals surface area contributed by atoms with Gasteiger partial charge in [-0.3, -0.25) is 0 Å². The van der Waals surface area contributed by atoms with E-state index in [4.69, 9.17) is 0 Å². The Morgan fingerprint density at radius 2 is 2.00 bits per heavy atom. The maximum absolute atomic E-state index is 13.2. The summed E-state index contributed by atoms with van der Waals surface area (Å²) in [5.74, 6) is 0.435. The predicted molar refractivity (Wildman–Crippen MR) is 91.7 cm³/mol. The molecule has 0 bridgehead atoms. The van der Waals surface area contributed by atoms with Crippen LogP contribution in [0, 0.1) is 0 Å². The molecule has 3 aliphatic rings. The van der Waals surface area contributed by atoms with Crippen molar-refractivity contribution in [1.82, 2.24) is 15.1 Å². The van der Waals surface area contributed by atoms with E-state index < -0.39 is 0 Å². The zero-order valence-corrected chi connectivity index (χ0v) is 14.3. The van der Waals surface area contributed by atoms with Crippen molar-refractivity contribution in [3.8, 4) is 0 Å². The number of nitrogens with one attached hydrogen (secondary N) is 1. The summed E-state index contributed by atoms with van der Waals surface area (Å²) in [5, 5.41) is 2.75. The van der Waals surface area contributed by atoms with E-state index in [1.54, 1.807) is 0 Å². The van der Waals surface area contributed by atoms with E-state index in [0.717, 1.165) is 19.3 Å². The minimum Gasteiger partial charge on any atom is -0.336 e. The van der Waals surface area contributed by atoms with Crippen LogP contribution < -0.4 is 5.32 Å². The van der Waals surface area contributed by atoms with Crippen LogP contribution >= 0.6 is 0 Å². The number of benzene rings is 1. The van der Waals surface area contributed by atoms with E-state index in [9.17, 15) is 9.59 Å². The van der Waals surface area contributed by atoms with Crippen molar-refractivity contribution in [3.05, 3.63) is 35.4 Å². The highest BCUT2D eigenvalue weighted by Gasteiger charge is 2.47. The Kier molecular flexibility index (Phi) is 3.74. The van der Waals surface area contributed by atoms with Crippen molar-refractivity contribution in [1.29, 1.82) is 0 Å². The van der Waals surface area contributed by atoms with Crippen LogP contribution in [0.5, 0.6) is 0 Å². The van der Waals surface area contributed by atoms with Gasteiger partial charge in [-0.25, -0.2) is 14.5 Å². The second-order valence-electron chi connectivity index (χ2n) is 7.49.